The number of aromatic nitrogens is 1. The number of fused-ring (bicyclic) bond motifs is 2. The molecule has 7 heteroatoms. The Bertz CT molecular complexity index is 1210. The summed E-state index contributed by atoms with van der Waals surface area (Å²) in [5.41, 5.74) is 3.30. The Kier molecular flexibility index (Phi) is 4.83. The van der Waals surface area contributed by atoms with Crippen molar-refractivity contribution < 1.29 is 8.42 Å². The lowest BCUT2D eigenvalue weighted by atomic mass is 10.1. The molecule has 1 N–H and O–H groups in total. The second kappa shape index (κ2) is 7.04. The van der Waals surface area contributed by atoms with Gasteiger partial charge in [0.2, 0.25) is 0 Å². The number of nitrogens with one attached hydrogen (secondary N) is 1. The van der Waals surface area contributed by atoms with Gasteiger partial charge in [-0.1, -0.05) is 35.8 Å². The van der Waals surface area contributed by atoms with Crippen molar-refractivity contribution in [2.24, 2.45) is 10.3 Å². The van der Waals surface area contributed by atoms with Crippen molar-refractivity contribution in [3.63, 3.8) is 0 Å². The number of sulfonamides is 1. The molecule has 0 aliphatic carbocycles. The zero-order valence-electron chi connectivity index (χ0n) is 16.0. The number of hydrogen-bond donors (Lipinski definition) is 1. The van der Waals surface area contributed by atoms with Crippen LogP contribution < -0.4 is 5.32 Å². The molecule has 2 aromatic carbocycles. The standard InChI is InChI=1S/C21H22BrN3O2S/c1-13(2)8-9-25-12-17(16-11-15(22)5-7-19(16)25)21-23-18-6-4-14(3)10-20(18)28(26,27)24-21/h4-7,10-13H,8-9H2,1-3H3,(H,23,24). The van der Waals surface area contributed by atoms with Crippen LogP contribution in [0.1, 0.15) is 31.4 Å². The molecule has 0 fully saturated rings. The summed E-state index contributed by atoms with van der Waals surface area (Å²) in [5, 5.41) is 4.20. The van der Waals surface area contributed by atoms with Gasteiger partial charge in [0, 0.05) is 33.7 Å². The SMILES string of the molecule is Cc1ccc2c(c1)S(=O)(=O)N=C(c1cn(CCC(C)C)c3ccc(Br)cc13)N2. The second-order valence-corrected chi connectivity index (χ2v) is 10.1. The quantitative estimate of drug-likeness (QED) is 0.573. The molecule has 0 atom stereocenters. The maximum atomic E-state index is 12.8. The van der Waals surface area contributed by atoms with Crippen LogP contribution in [-0.2, 0) is 16.6 Å². The maximum Gasteiger partial charge on any atom is 0.286 e. The number of rotatable bonds is 4. The van der Waals surface area contributed by atoms with Gasteiger partial charge in [-0.2, -0.15) is 8.42 Å². The first kappa shape index (κ1) is 19.2. The topological polar surface area (TPSA) is 63.5 Å². The summed E-state index contributed by atoms with van der Waals surface area (Å²) in [4.78, 5) is 0.223. The maximum absolute atomic E-state index is 12.8. The molecule has 5 nitrogen and oxygen atoms in total. The van der Waals surface area contributed by atoms with Crippen LogP contribution in [0.3, 0.4) is 0 Å². The van der Waals surface area contributed by atoms with E-state index in [1.54, 1.807) is 12.1 Å². The Morgan fingerprint density at radius 2 is 1.96 bits per heavy atom. The van der Waals surface area contributed by atoms with Gasteiger partial charge in [-0.25, -0.2) is 0 Å². The Labute approximate surface area is 173 Å². The van der Waals surface area contributed by atoms with Crippen LogP contribution in [-0.4, -0.2) is 18.8 Å². The normalized spacial score (nSPS) is 15.4. The predicted octanol–water partition coefficient (Wildman–Crippen LogP) is 5.32. The van der Waals surface area contributed by atoms with Gasteiger partial charge < -0.3 is 9.88 Å². The van der Waals surface area contributed by atoms with Gasteiger partial charge >= 0.3 is 0 Å². The number of amidine groups is 1. The lowest BCUT2D eigenvalue weighted by Crippen LogP contribution is -2.22. The Morgan fingerprint density at radius 1 is 1.18 bits per heavy atom. The van der Waals surface area contributed by atoms with E-state index in [4.69, 9.17) is 0 Å². The first-order chi connectivity index (χ1) is 13.2. The molecule has 146 valence electrons. The monoisotopic (exact) mass is 459 g/mol. The third-order valence-electron chi connectivity index (χ3n) is 4.93. The van der Waals surface area contributed by atoms with E-state index in [2.05, 4.69) is 50.1 Å². The predicted molar refractivity (Wildman–Crippen MR) is 118 cm³/mol. The van der Waals surface area contributed by atoms with Crippen LogP contribution >= 0.6 is 15.9 Å². The van der Waals surface area contributed by atoms with Crippen molar-refractivity contribution in [1.82, 2.24) is 4.57 Å². The zero-order chi connectivity index (χ0) is 20.1. The molecule has 4 rings (SSSR count). The van der Waals surface area contributed by atoms with Crippen LogP contribution in [0.15, 0.2) is 56.4 Å². The highest BCUT2D eigenvalue weighted by atomic mass is 79.9. The van der Waals surface area contributed by atoms with Crippen molar-refractivity contribution in [2.45, 2.75) is 38.6 Å². The average Bonchev–Trinajstić information content (AvgIpc) is 2.98. The van der Waals surface area contributed by atoms with Crippen LogP contribution in [0.25, 0.3) is 10.9 Å². The first-order valence-electron chi connectivity index (χ1n) is 9.26. The van der Waals surface area contributed by atoms with Crippen LogP contribution in [0, 0.1) is 12.8 Å². The van der Waals surface area contributed by atoms with Gasteiger partial charge in [-0.15, -0.1) is 4.40 Å². The van der Waals surface area contributed by atoms with Gasteiger partial charge in [0.05, 0.1) is 5.69 Å². The van der Waals surface area contributed by atoms with Crippen LogP contribution in [0.5, 0.6) is 0 Å². The molecule has 0 saturated heterocycles. The van der Waals surface area contributed by atoms with Gasteiger partial charge in [0.15, 0.2) is 5.84 Å². The summed E-state index contributed by atoms with van der Waals surface area (Å²) in [7, 11) is -3.75. The second-order valence-electron chi connectivity index (χ2n) is 7.62. The molecular formula is C21H22BrN3O2S. The fourth-order valence-corrected chi connectivity index (χ4v) is 5.00. The number of nitrogens with zero attached hydrogens (tertiary/aromatic N) is 2. The van der Waals surface area contributed by atoms with E-state index >= 15 is 0 Å². The molecule has 0 saturated carbocycles. The van der Waals surface area contributed by atoms with E-state index in [-0.39, 0.29) is 4.90 Å². The fourth-order valence-electron chi connectivity index (χ4n) is 3.42. The molecular weight excluding hydrogens is 438 g/mol. The van der Waals surface area contributed by atoms with Crippen molar-refractivity contribution in [3.05, 3.63) is 58.2 Å². The smallest absolute Gasteiger partial charge is 0.286 e. The molecule has 0 amide bonds. The largest absolute Gasteiger partial charge is 0.347 e. The van der Waals surface area contributed by atoms with Crippen LogP contribution in [0.4, 0.5) is 5.69 Å². The Balaban J connectivity index is 1.86. The molecule has 2 heterocycles. The Hall–Kier alpha value is -2.12. The number of hydrogen-bond acceptors (Lipinski definition) is 3. The number of anilines is 1. The minimum absolute atomic E-state index is 0.223. The summed E-state index contributed by atoms with van der Waals surface area (Å²) in [6, 6.07) is 11.4. The molecule has 28 heavy (non-hydrogen) atoms. The fraction of sp³-hybridized carbons (Fsp3) is 0.286. The van der Waals surface area contributed by atoms with E-state index in [9.17, 15) is 8.42 Å². The van der Waals surface area contributed by atoms with E-state index in [1.807, 2.05) is 31.3 Å². The number of halogens is 1. The van der Waals surface area contributed by atoms with Crippen molar-refractivity contribution in [3.8, 4) is 0 Å². The third-order valence-corrected chi connectivity index (χ3v) is 6.73. The number of benzene rings is 2. The zero-order valence-corrected chi connectivity index (χ0v) is 18.4. The lowest BCUT2D eigenvalue weighted by molar-refractivity contribution is 0.524. The highest BCUT2D eigenvalue weighted by Crippen LogP contribution is 2.32. The van der Waals surface area contributed by atoms with E-state index in [0.717, 1.165) is 39.5 Å². The molecule has 0 spiro atoms. The lowest BCUT2D eigenvalue weighted by Gasteiger charge is -2.18. The molecule has 1 aliphatic heterocycles. The van der Waals surface area contributed by atoms with E-state index in [1.165, 1.54) is 0 Å². The minimum Gasteiger partial charge on any atom is -0.347 e. The summed E-state index contributed by atoms with van der Waals surface area (Å²) in [5.74, 6) is 0.944. The summed E-state index contributed by atoms with van der Waals surface area (Å²) in [6.07, 6.45) is 3.04. The van der Waals surface area contributed by atoms with Crippen LogP contribution in [0.2, 0.25) is 0 Å². The summed E-state index contributed by atoms with van der Waals surface area (Å²) >= 11 is 3.53. The molecule has 3 aromatic rings. The third kappa shape index (κ3) is 3.49. The highest BCUT2D eigenvalue weighted by molar-refractivity contribution is 9.10. The first-order valence-corrected chi connectivity index (χ1v) is 11.5. The van der Waals surface area contributed by atoms with Gasteiger partial charge in [-0.05, 0) is 55.2 Å². The minimum atomic E-state index is -3.75. The van der Waals surface area contributed by atoms with Crippen molar-refractivity contribution >= 4 is 48.4 Å². The van der Waals surface area contributed by atoms with Gasteiger partial charge in [0.25, 0.3) is 10.0 Å². The Morgan fingerprint density at radius 3 is 2.71 bits per heavy atom. The molecule has 0 unspecified atom stereocenters. The molecule has 1 aliphatic rings. The van der Waals surface area contributed by atoms with E-state index in [0.29, 0.717) is 17.4 Å². The summed E-state index contributed by atoms with van der Waals surface area (Å²) < 4.78 is 32.8. The highest BCUT2D eigenvalue weighted by Gasteiger charge is 2.27. The van der Waals surface area contributed by atoms with Gasteiger partial charge in [0.1, 0.15) is 4.90 Å². The molecule has 0 bridgehead atoms. The number of aryl methyl sites for hydroxylation is 2. The molecule has 1 aromatic heterocycles. The molecule has 0 radical (unpaired) electrons. The van der Waals surface area contributed by atoms with Crippen molar-refractivity contribution in [1.29, 1.82) is 0 Å². The van der Waals surface area contributed by atoms with E-state index < -0.39 is 10.0 Å². The summed E-state index contributed by atoms with van der Waals surface area (Å²) in [6.45, 7) is 7.13. The van der Waals surface area contributed by atoms with Gasteiger partial charge in [-0.3, -0.25) is 0 Å². The average molecular weight is 460 g/mol. The van der Waals surface area contributed by atoms with Crippen molar-refractivity contribution in [2.75, 3.05) is 5.32 Å².